The lowest BCUT2D eigenvalue weighted by molar-refractivity contribution is 0.163. The molecule has 1 N–H and O–H groups in total. The van der Waals surface area contributed by atoms with Crippen LogP contribution in [0.25, 0.3) is 11.1 Å². The number of halogens is 1. The SMILES string of the molecule is CCCCC(c1ccc(-c2ccc(Cl)cc2)cc1)N1CCNCC1. The van der Waals surface area contributed by atoms with Crippen LogP contribution in [0.1, 0.15) is 37.8 Å². The Morgan fingerprint density at radius 3 is 2.12 bits per heavy atom. The highest BCUT2D eigenvalue weighted by atomic mass is 35.5. The molecule has 1 fully saturated rings. The molecule has 3 rings (SSSR count). The van der Waals surface area contributed by atoms with Gasteiger partial charge in [-0.05, 0) is 35.2 Å². The molecule has 2 aromatic rings. The standard InChI is InChI=1S/C21H27ClN2/c1-2-3-4-21(24-15-13-23-14-16-24)19-7-5-17(6-8-19)18-9-11-20(22)12-10-18/h5-12,21,23H,2-4,13-16H2,1H3. The van der Waals surface area contributed by atoms with Crippen molar-refractivity contribution in [1.82, 2.24) is 10.2 Å². The Balaban J connectivity index is 1.78. The molecule has 1 heterocycles. The van der Waals surface area contributed by atoms with Crippen LogP contribution in [0.5, 0.6) is 0 Å². The first-order chi connectivity index (χ1) is 11.8. The number of nitrogens with zero attached hydrogens (tertiary/aromatic N) is 1. The van der Waals surface area contributed by atoms with Crippen LogP contribution in [0.3, 0.4) is 0 Å². The van der Waals surface area contributed by atoms with Crippen LogP contribution < -0.4 is 5.32 Å². The molecule has 0 bridgehead atoms. The molecule has 24 heavy (non-hydrogen) atoms. The molecule has 1 atom stereocenters. The zero-order valence-electron chi connectivity index (χ0n) is 14.5. The summed E-state index contributed by atoms with van der Waals surface area (Å²) in [6.07, 6.45) is 3.79. The predicted molar refractivity (Wildman–Crippen MR) is 104 cm³/mol. The summed E-state index contributed by atoms with van der Waals surface area (Å²) < 4.78 is 0. The van der Waals surface area contributed by atoms with E-state index in [1.807, 2.05) is 12.1 Å². The Bertz CT molecular complexity index is 615. The monoisotopic (exact) mass is 342 g/mol. The third-order valence-electron chi connectivity index (χ3n) is 4.90. The third-order valence-corrected chi connectivity index (χ3v) is 5.15. The van der Waals surface area contributed by atoms with Crippen molar-refractivity contribution >= 4 is 11.6 Å². The van der Waals surface area contributed by atoms with Crippen LogP contribution >= 0.6 is 11.6 Å². The van der Waals surface area contributed by atoms with Gasteiger partial charge in [0, 0.05) is 37.2 Å². The van der Waals surface area contributed by atoms with E-state index in [9.17, 15) is 0 Å². The van der Waals surface area contributed by atoms with Crippen molar-refractivity contribution < 1.29 is 0 Å². The van der Waals surface area contributed by atoms with Crippen LogP contribution in [-0.4, -0.2) is 31.1 Å². The molecule has 3 heteroatoms. The van der Waals surface area contributed by atoms with Gasteiger partial charge < -0.3 is 5.32 Å². The Kier molecular flexibility index (Phi) is 6.30. The molecule has 0 amide bonds. The number of nitrogens with one attached hydrogen (secondary N) is 1. The van der Waals surface area contributed by atoms with E-state index in [4.69, 9.17) is 11.6 Å². The number of hydrogen-bond acceptors (Lipinski definition) is 2. The van der Waals surface area contributed by atoms with Gasteiger partial charge in [0.05, 0.1) is 0 Å². The van der Waals surface area contributed by atoms with Gasteiger partial charge in [0.2, 0.25) is 0 Å². The molecule has 2 nitrogen and oxygen atoms in total. The summed E-state index contributed by atoms with van der Waals surface area (Å²) in [4.78, 5) is 2.64. The highest BCUT2D eigenvalue weighted by Gasteiger charge is 2.21. The lowest BCUT2D eigenvalue weighted by Gasteiger charge is -2.35. The van der Waals surface area contributed by atoms with E-state index >= 15 is 0 Å². The van der Waals surface area contributed by atoms with Gasteiger partial charge in [-0.1, -0.05) is 67.8 Å². The Morgan fingerprint density at radius 1 is 0.958 bits per heavy atom. The van der Waals surface area contributed by atoms with Crippen molar-refractivity contribution in [3.8, 4) is 11.1 Å². The molecule has 1 saturated heterocycles. The van der Waals surface area contributed by atoms with Crippen molar-refractivity contribution in [1.29, 1.82) is 0 Å². The maximum Gasteiger partial charge on any atom is 0.0406 e. The number of piperazine rings is 1. The predicted octanol–water partition coefficient (Wildman–Crippen LogP) is 5.14. The van der Waals surface area contributed by atoms with Gasteiger partial charge >= 0.3 is 0 Å². The molecular weight excluding hydrogens is 316 g/mol. The summed E-state index contributed by atoms with van der Waals surface area (Å²) in [6, 6.07) is 17.7. The Hall–Kier alpha value is -1.35. The van der Waals surface area contributed by atoms with Gasteiger partial charge in [-0.15, -0.1) is 0 Å². The quantitative estimate of drug-likeness (QED) is 0.781. The zero-order chi connectivity index (χ0) is 16.8. The minimum atomic E-state index is 0.548. The van der Waals surface area contributed by atoms with E-state index < -0.39 is 0 Å². The topological polar surface area (TPSA) is 15.3 Å². The summed E-state index contributed by atoms with van der Waals surface area (Å²) in [5.74, 6) is 0. The zero-order valence-corrected chi connectivity index (χ0v) is 15.2. The molecule has 1 aliphatic heterocycles. The van der Waals surface area contributed by atoms with Crippen LogP contribution in [0.4, 0.5) is 0 Å². The summed E-state index contributed by atoms with van der Waals surface area (Å²) in [7, 11) is 0. The number of unbranched alkanes of at least 4 members (excludes halogenated alkanes) is 1. The van der Waals surface area contributed by atoms with Gasteiger partial charge in [-0.2, -0.15) is 0 Å². The van der Waals surface area contributed by atoms with E-state index in [-0.39, 0.29) is 0 Å². The largest absolute Gasteiger partial charge is 0.314 e. The van der Waals surface area contributed by atoms with Crippen molar-refractivity contribution in [2.45, 2.75) is 32.2 Å². The van der Waals surface area contributed by atoms with Crippen molar-refractivity contribution in [3.05, 3.63) is 59.1 Å². The fourth-order valence-electron chi connectivity index (χ4n) is 3.49. The summed E-state index contributed by atoms with van der Waals surface area (Å²) in [6.45, 7) is 6.77. The third kappa shape index (κ3) is 4.38. The Morgan fingerprint density at radius 2 is 1.54 bits per heavy atom. The average Bonchev–Trinajstić information content (AvgIpc) is 2.64. The lowest BCUT2D eigenvalue weighted by Crippen LogP contribution is -2.45. The smallest absolute Gasteiger partial charge is 0.0406 e. The first-order valence-corrected chi connectivity index (χ1v) is 9.46. The van der Waals surface area contributed by atoms with Crippen LogP contribution in [0.2, 0.25) is 5.02 Å². The second kappa shape index (κ2) is 8.66. The molecule has 0 saturated carbocycles. The van der Waals surface area contributed by atoms with Crippen molar-refractivity contribution in [3.63, 3.8) is 0 Å². The highest BCUT2D eigenvalue weighted by Crippen LogP contribution is 2.29. The fourth-order valence-corrected chi connectivity index (χ4v) is 3.62. The second-order valence-electron chi connectivity index (χ2n) is 6.57. The molecule has 2 aromatic carbocycles. The highest BCUT2D eigenvalue weighted by molar-refractivity contribution is 6.30. The van der Waals surface area contributed by atoms with Crippen LogP contribution in [0, 0.1) is 0 Å². The van der Waals surface area contributed by atoms with Gasteiger partial charge in [0.1, 0.15) is 0 Å². The molecule has 0 aromatic heterocycles. The van der Waals surface area contributed by atoms with Gasteiger partial charge in [-0.25, -0.2) is 0 Å². The fraction of sp³-hybridized carbons (Fsp3) is 0.429. The maximum atomic E-state index is 5.99. The van der Waals surface area contributed by atoms with E-state index in [0.29, 0.717) is 6.04 Å². The molecular formula is C21H27ClN2. The maximum absolute atomic E-state index is 5.99. The molecule has 128 valence electrons. The summed E-state index contributed by atoms with van der Waals surface area (Å²) >= 11 is 5.99. The van der Waals surface area contributed by atoms with E-state index in [0.717, 1.165) is 31.2 Å². The molecule has 0 radical (unpaired) electrons. The van der Waals surface area contributed by atoms with Gasteiger partial charge in [0.25, 0.3) is 0 Å². The van der Waals surface area contributed by atoms with Gasteiger partial charge in [0.15, 0.2) is 0 Å². The normalized spacial score (nSPS) is 16.9. The molecule has 1 unspecified atom stereocenters. The van der Waals surface area contributed by atoms with Crippen LogP contribution in [0.15, 0.2) is 48.5 Å². The number of hydrogen-bond donors (Lipinski definition) is 1. The first-order valence-electron chi connectivity index (χ1n) is 9.08. The summed E-state index contributed by atoms with van der Waals surface area (Å²) in [5, 5.41) is 4.25. The van der Waals surface area contributed by atoms with Crippen molar-refractivity contribution in [2.75, 3.05) is 26.2 Å². The minimum absolute atomic E-state index is 0.548. The van der Waals surface area contributed by atoms with E-state index in [2.05, 4.69) is 53.5 Å². The van der Waals surface area contributed by atoms with Crippen molar-refractivity contribution in [2.24, 2.45) is 0 Å². The van der Waals surface area contributed by atoms with E-state index in [1.165, 1.54) is 36.0 Å². The summed E-state index contributed by atoms with van der Waals surface area (Å²) in [5.41, 5.74) is 3.92. The van der Waals surface area contributed by atoms with Crippen LogP contribution in [-0.2, 0) is 0 Å². The molecule has 0 spiro atoms. The number of benzene rings is 2. The molecule has 1 aliphatic rings. The minimum Gasteiger partial charge on any atom is -0.314 e. The van der Waals surface area contributed by atoms with E-state index in [1.54, 1.807) is 0 Å². The molecule has 0 aliphatic carbocycles. The number of rotatable bonds is 6. The second-order valence-corrected chi connectivity index (χ2v) is 7.01. The van der Waals surface area contributed by atoms with Gasteiger partial charge in [-0.3, -0.25) is 4.90 Å². The Labute approximate surface area is 150 Å². The lowest BCUT2D eigenvalue weighted by atomic mass is 9.96. The average molecular weight is 343 g/mol. The first kappa shape index (κ1) is 17.5.